The molecular weight excluding hydrogens is 364 g/mol. The fraction of sp³-hybridized carbons (Fsp3) is 0.100. The summed E-state index contributed by atoms with van der Waals surface area (Å²) in [4.78, 5) is 25.2. The van der Waals surface area contributed by atoms with Crippen LogP contribution in [0.1, 0.15) is 22.3 Å². The molecule has 0 radical (unpaired) electrons. The molecule has 0 spiro atoms. The Morgan fingerprint density at radius 2 is 1.67 bits per heavy atom. The summed E-state index contributed by atoms with van der Waals surface area (Å²) in [6.07, 6.45) is 0. The quantitative estimate of drug-likeness (QED) is 0.654. The van der Waals surface area contributed by atoms with Crippen molar-refractivity contribution < 1.29 is 0 Å². The van der Waals surface area contributed by atoms with E-state index in [1.165, 1.54) is 10.6 Å². The predicted molar refractivity (Wildman–Crippen MR) is 100 cm³/mol. The van der Waals surface area contributed by atoms with E-state index in [-0.39, 0.29) is 18.2 Å². The number of hydrogen-bond acceptors (Lipinski definition) is 4. The van der Waals surface area contributed by atoms with E-state index in [0.29, 0.717) is 22.3 Å². The molecule has 0 aliphatic heterocycles. The van der Waals surface area contributed by atoms with Crippen molar-refractivity contribution in [3.05, 3.63) is 103 Å². The zero-order valence-electron chi connectivity index (χ0n) is 14.1. The highest BCUT2D eigenvalue weighted by Crippen LogP contribution is 2.12. The van der Waals surface area contributed by atoms with Crippen molar-refractivity contribution in [1.29, 1.82) is 10.5 Å². The average Bonchev–Trinajstić information content (AvgIpc) is 2.69. The molecule has 3 rings (SSSR count). The second-order valence-corrected chi connectivity index (χ2v) is 6.23. The predicted octanol–water partition coefficient (Wildman–Crippen LogP) is 2.50. The van der Waals surface area contributed by atoms with Crippen LogP contribution >= 0.6 is 11.6 Å². The first-order valence-electron chi connectivity index (χ1n) is 8.00. The van der Waals surface area contributed by atoms with Crippen LogP contribution in [0.25, 0.3) is 0 Å². The maximum absolute atomic E-state index is 12.9. The smallest absolute Gasteiger partial charge is 0.279 e. The average molecular weight is 377 g/mol. The lowest BCUT2D eigenvalue weighted by Crippen LogP contribution is -2.40. The summed E-state index contributed by atoms with van der Waals surface area (Å²) in [5.74, 6) is 0. The van der Waals surface area contributed by atoms with Gasteiger partial charge in [-0.25, -0.2) is 4.79 Å². The molecule has 6 nitrogen and oxygen atoms in total. The van der Waals surface area contributed by atoms with Crippen LogP contribution in [0.3, 0.4) is 0 Å². The fourth-order valence-corrected chi connectivity index (χ4v) is 2.96. The van der Waals surface area contributed by atoms with E-state index in [4.69, 9.17) is 16.9 Å². The number of halogens is 1. The van der Waals surface area contributed by atoms with Crippen molar-refractivity contribution in [3.63, 3.8) is 0 Å². The van der Waals surface area contributed by atoms with Crippen molar-refractivity contribution in [3.8, 4) is 12.1 Å². The van der Waals surface area contributed by atoms with Gasteiger partial charge in [0.1, 0.15) is 5.15 Å². The van der Waals surface area contributed by atoms with Gasteiger partial charge in [0, 0.05) is 6.07 Å². The van der Waals surface area contributed by atoms with Gasteiger partial charge >= 0.3 is 5.69 Å². The summed E-state index contributed by atoms with van der Waals surface area (Å²) in [5.41, 5.74) is 1.04. The van der Waals surface area contributed by atoms with Crippen molar-refractivity contribution in [2.75, 3.05) is 0 Å². The molecule has 0 saturated heterocycles. The van der Waals surface area contributed by atoms with Crippen LogP contribution < -0.4 is 11.2 Å². The minimum atomic E-state index is -0.581. The van der Waals surface area contributed by atoms with Gasteiger partial charge in [0.15, 0.2) is 0 Å². The highest BCUT2D eigenvalue weighted by atomic mass is 35.5. The van der Waals surface area contributed by atoms with Gasteiger partial charge in [-0.05, 0) is 29.3 Å². The highest BCUT2D eigenvalue weighted by molar-refractivity contribution is 6.29. The Labute approximate surface area is 159 Å². The van der Waals surface area contributed by atoms with Crippen molar-refractivity contribution >= 4 is 11.6 Å². The lowest BCUT2D eigenvalue weighted by atomic mass is 10.1. The Bertz CT molecular complexity index is 1210. The minimum Gasteiger partial charge on any atom is -0.279 e. The van der Waals surface area contributed by atoms with E-state index < -0.39 is 11.2 Å². The number of hydrogen-bond donors (Lipinski definition) is 0. The van der Waals surface area contributed by atoms with E-state index in [0.717, 1.165) is 4.57 Å². The SMILES string of the molecule is N#Cc1cccc(Cn2c(=O)cc(Cl)n(Cc3ccccc3C#N)c2=O)c1. The Morgan fingerprint density at radius 1 is 0.889 bits per heavy atom. The second-order valence-electron chi connectivity index (χ2n) is 5.84. The first-order valence-corrected chi connectivity index (χ1v) is 8.38. The van der Waals surface area contributed by atoms with E-state index in [1.807, 2.05) is 6.07 Å². The maximum atomic E-state index is 12.9. The van der Waals surface area contributed by atoms with Crippen LogP contribution in [0.2, 0.25) is 5.15 Å². The molecule has 132 valence electrons. The molecule has 0 amide bonds. The second kappa shape index (κ2) is 7.74. The molecule has 0 N–H and O–H groups in total. The molecule has 0 aliphatic carbocycles. The summed E-state index contributed by atoms with van der Waals surface area (Å²) in [6, 6.07) is 18.8. The summed E-state index contributed by atoms with van der Waals surface area (Å²) in [6.45, 7) is 0.0875. The molecule has 0 bridgehead atoms. The van der Waals surface area contributed by atoms with Crippen LogP contribution in [-0.4, -0.2) is 9.13 Å². The minimum absolute atomic E-state index is 0.000214. The first kappa shape index (κ1) is 18.2. The van der Waals surface area contributed by atoms with Gasteiger partial charge in [-0.15, -0.1) is 0 Å². The topological polar surface area (TPSA) is 91.6 Å². The van der Waals surface area contributed by atoms with Crippen LogP contribution in [0.15, 0.2) is 64.2 Å². The van der Waals surface area contributed by atoms with Crippen LogP contribution in [0, 0.1) is 22.7 Å². The summed E-state index contributed by atoms with van der Waals surface area (Å²) in [5, 5.41) is 18.2. The van der Waals surface area contributed by atoms with Crippen molar-refractivity contribution in [1.82, 2.24) is 9.13 Å². The molecule has 0 atom stereocenters. The third kappa shape index (κ3) is 3.82. The molecule has 27 heavy (non-hydrogen) atoms. The third-order valence-corrected chi connectivity index (χ3v) is 4.40. The third-order valence-electron chi connectivity index (χ3n) is 4.09. The number of nitrogens with zero attached hydrogens (tertiary/aromatic N) is 4. The summed E-state index contributed by atoms with van der Waals surface area (Å²) >= 11 is 6.13. The molecular formula is C20H13ClN4O2. The van der Waals surface area contributed by atoms with E-state index in [2.05, 4.69) is 6.07 Å². The molecule has 0 fully saturated rings. The fourth-order valence-electron chi connectivity index (χ4n) is 2.74. The number of nitriles is 2. The molecule has 1 heterocycles. The number of rotatable bonds is 4. The Kier molecular flexibility index (Phi) is 5.21. The summed E-state index contributed by atoms with van der Waals surface area (Å²) in [7, 11) is 0. The van der Waals surface area contributed by atoms with Crippen LogP contribution in [-0.2, 0) is 13.1 Å². The maximum Gasteiger partial charge on any atom is 0.332 e. The molecule has 7 heteroatoms. The highest BCUT2D eigenvalue weighted by Gasteiger charge is 2.13. The van der Waals surface area contributed by atoms with E-state index in [1.54, 1.807) is 48.5 Å². The zero-order chi connectivity index (χ0) is 19.4. The molecule has 3 aromatic rings. The van der Waals surface area contributed by atoms with Gasteiger partial charge in [-0.2, -0.15) is 10.5 Å². The van der Waals surface area contributed by atoms with Crippen molar-refractivity contribution in [2.45, 2.75) is 13.1 Å². The Balaban J connectivity index is 2.06. The van der Waals surface area contributed by atoms with Gasteiger partial charge in [0.2, 0.25) is 0 Å². The van der Waals surface area contributed by atoms with E-state index >= 15 is 0 Å². The van der Waals surface area contributed by atoms with Gasteiger partial charge in [0.05, 0.1) is 36.4 Å². The zero-order valence-corrected chi connectivity index (χ0v) is 14.8. The lowest BCUT2D eigenvalue weighted by molar-refractivity contribution is 0.612. The molecule has 0 aliphatic rings. The van der Waals surface area contributed by atoms with E-state index in [9.17, 15) is 14.9 Å². The molecule has 0 saturated carbocycles. The molecule has 1 aromatic heterocycles. The van der Waals surface area contributed by atoms with Gasteiger partial charge in [-0.1, -0.05) is 41.9 Å². The standard InChI is InChI=1S/C20H13ClN4O2/c21-18-9-19(26)25(12-15-5-3-4-14(8-15)10-22)20(27)24(18)13-17-7-2-1-6-16(17)11-23/h1-9H,12-13H2. The molecule has 2 aromatic carbocycles. The Hall–Kier alpha value is -3.61. The van der Waals surface area contributed by atoms with Crippen LogP contribution in [0.4, 0.5) is 0 Å². The lowest BCUT2D eigenvalue weighted by Gasteiger charge is -2.13. The van der Waals surface area contributed by atoms with Gasteiger partial charge < -0.3 is 0 Å². The number of aromatic nitrogens is 2. The summed E-state index contributed by atoms with van der Waals surface area (Å²) < 4.78 is 2.30. The van der Waals surface area contributed by atoms with Gasteiger partial charge in [0.25, 0.3) is 5.56 Å². The first-order chi connectivity index (χ1) is 13.0. The normalized spacial score (nSPS) is 10.2. The monoisotopic (exact) mass is 376 g/mol. The van der Waals surface area contributed by atoms with Gasteiger partial charge in [-0.3, -0.25) is 13.9 Å². The van der Waals surface area contributed by atoms with Crippen LogP contribution in [0.5, 0.6) is 0 Å². The Morgan fingerprint density at radius 3 is 2.41 bits per heavy atom. The molecule has 0 unspecified atom stereocenters. The van der Waals surface area contributed by atoms with Crippen molar-refractivity contribution in [2.24, 2.45) is 0 Å². The largest absolute Gasteiger partial charge is 0.332 e. The number of benzene rings is 2.